The third kappa shape index (κ3) is 3.64. The van der Waals surface area contributed by atoms with E-state index in [1.165, 1.54) is 22.2 Å². The molecule has 3 aromatic rings. The first kappa shape index (κ1) is 17.4. The van der Waals surface area contributed by atoms with E-state index in [2.05, 4.69) is 4.98 Å². The van der Waals surface area contributed by atoms with Gasteiger partial charge in [-0.25, -0.2) is 4.98 Å². The molecule has 0 radical (unpaired) electrons. The van der Waals surface area contributed by atoms with E-state index in [0.29, 0.717) is 16.8 Å². The molecule has 1 aromatic carbocycles. The number of esters is 1. The van der Waals surface area contributed by atoms with Gasteiger partial charge in [0.2, 0.25) is 0 Å². The number of hydrogen-bond acceptors (Lipinski definition) is 5. The Morgan fingerprint density at radius 2 is 2.00 bits per heavy atom. The van der Waals surface area contributed by atoms with E-state index in [1.54, 1.807) is 0 Å². The molecule has 5 nitrogen and oxygen atoms in total. The summed E-state index contributed by atoms with van der Waals surface area (Å²) < 4.78 is 6.49. The van der Waals surface area contributed by atoms with Gasteiger partial charge in [-0.1, -0.05) is 44.2 Å². The lowest BCUT2D eigenvalue weighted by molar-refractivity contribution is -0.145. The van der Waals surface area contributed by atoms with Gasteiger partial charge in [0.25, 0.3) is 5.56 Å². The van der Waals surface area contributed by atoms with Gasteiger partial charge in [-0.05, 0) is 18.4 Å². The summed E-state index contributed by atoms with van der Waals surface area (Å²) in [5, 5.41) is 0.563. The SMILES string of the molecule is Cc1sc2ncn(CC(=O)OCC(C)C)c(=O)c2c1-c1ccccc1. The van der Waals surface area contributed by atoms with Crippen molar-refractivity contribution in [1.29, 1.82) is 0 Å². The van der Waals surface area contributed by atoms with Crippen LogP contribution < -0.4 is 5.56 Å². The van der Waals surface area contributed by atoms with Crippen molar-refractivity contribution in [1.82, 2.24) is 9.55 Å². The largest absolute Gasteiger partial charge is 0.464 e. The molecule has 0 bridgehead atoms. The number of hydrogen-bond donors (Lipinski definition) is 0. The minimum Gasteiger partial charge on any atom is -0.464 e. The van der Waals surface area contributed by atoms with Crippen LogP contribution in [0.4, 0.5) is 0 Å². The first-order valence-electron chi connectivity index (χ1n) is 8.17. The lowest BCUT2D eigenvalue weighted by Gasteiger charge is -2.09. The Kier molecular flexibility index (Phi) is 4.99. The van der Waals surface area contributed by atoms with Crippen molar-refractivity contribution in [3.05, 3.63) is 51.9 Å². The molecular weight excluding hydrogens is 336 g/mol. The third-order valence-corrected chi connectivity index (χ3v) is 4.81. The van der Waals surface area contributed by atoms with Gasteiger partial charge >= 0.3 is 5.97 Å². The number of fused-ring (bicyclic) bond motifs is 1. The summed E-state index contributed by atoms with van der Waals surface area (Å²) in [6.07, 6.45) is 1.42. The van der Waals surface area contributed by atoms with Crippen LogP contribution >= 0.6 is 11.3 Å². The molecule has 0 aliphatic rings. The van der Waals surface area contributed by atoms with Gasteiger partial charge in [0, 0.05) is 10.4 Å². The third-order valence-electron chi connectivity index (χ3n) is 3.79. The van der Waals surface area contributed by atoms with Crippen LogP contribution in [0.15, 0.2) is 41.5 Å². The predicted octanol–water partition coefficient (Wildman–Crippen LogP) is 3.63. The average Bonchev–Trinajstić information content (AvgIpc) is 2.93. The van der Waals surface area contributed by atoms with Gasteiger partial charge < -0.3 is 4.74 Å². The number of rotatable bonds is 5. The smallest absolute Gasteiger partial charge is 0.326 e. The molecular formula is C19H20N2O3S. The number of benzene rings is 1. The van der Waals surface area contributed by atoms with Crippen LogP contribution in [0.5, 0.6) is 0 Å². The second-order valence-electron chi connectivity index (χ2n) is 6.33. The molecule has 6 heteroatoms. The highest BCUT2D eigenvalue weighted by molar-refractivity contribution is 7.19. The van der Waals surface area contributed by atoms with Crippen LogP contribution in [0.25, 0.3) is 21.3 Å². The molecule has 3 rings (SSSR count). The number of aromatic nitrogens is 2. The van der Waals surface area contributed by atoms with Crippen LogP contribution in [0.3, 0.4) is 0 Å². The molecule has 2 aromatic heterocycles. The Labute approximate surface area is 149 Å². The van der Waals surface area contributed by atoms with Crippen molar-refractivity contribution < 1.29 is 9.53 Å². The molecule has 130 valence electrons. The topological polar surface area (TPSA) is 61.2 Å². The van der Waals surface area contributed by atoms with E-state index in [0.717, 1.165) is 16.0 Å². The minimum atomic E-state index is -0.426. The summed E-state index contributed by atoms with van der Waals surface area (Å²) in [6.45, 7) is 6.13. The fraction of sp³-hybridized carbons (Fsp3) is 0.316. The zero-order valence-electron chi connectivity index (χ0n) is 14.5. The molecule has 2 heterocycles. The summed E-state index contributed by atoms with van der Waals surface area (Å²) in [5.41, 5.74) is 1.66. The maximum atomic E-state index is 12.9. The van der Waals surface area contributed by atoms with Crippen LogP contribution in [-0.2, 0) is 16.1 Å². The molecule has 0 N–H and O–H groups in total. The summed E-state index contributed by atoms with van der Waals surface area (Å²) in [5.74, 6) is -0.171. The summed E-state index contributed by atoms with van der Waals surface area (Å²) in [7, 11) is 0. The molecule has 0 amide bonds. The highest BCUT2D eigenvalue weighted by Gasteiger charge is 2.18. The fourth-order valence-corrected chi connectivity index (χ4v) is 3.65. The number of nitrogens with zero attached hydrogens (tertiary/aromatic N) is 2. The highest BCUT2D eigenvalue weighted by atomic mass is 32.1. The van der Waals surface area contributed by atoms with Crippen molar-refractivity contribution in [2.75, 3.05) is 6.61 Å². The van der Waals surface area contributed by atoms with Crippen LogP contribution in [0.2, 0.25) is 0 Å². The zero-order valence-corrected chi connectivity index (χ0v) is 15.3. The zero-order chi connectivity index (χ0) is 18.0. The van der Waals surface area contributed by atoms with E-state index in [9.17, 15) is 9.59 Å². The predicted molar refractivity (Wildman–Crippen MR) is 99.8 cm³/mol. The molecule has 25 heavy (non-hydrogen) atoms. The fourth-order valence-electron chi connectivity index (χ4n) is 2.65. The first-order chi connectivity index (χ1) is 12.0. The summed E-state index contributed by atoms with van der Waals surface area (Å²) >= 11 is 1.49. The van der Waals surface area contributed by atoms with Crippen LogP contribution in [-0.4, -0.2) is 22.1 Å². The first-order valence-corrected chi connectivity index (χ1v) is 8.98. The summed E-state index contributed by atoms with van der Waals surface area (Å²) in [6, 6.07) is 9.77. The van der Waals surface area contributed by atoms with E-state index >= 15 is 0 Å². The molecule has 0 fully saturated rings. The van der Waals surface area contributed by atoms with Crippen molar-refractivity contribution in [2.24, 2.45) is 5.92 Å². The molecule has 0 saturated heterocycles. The Morgan fingerprint density at radius 1 is 1.28 bits per heavy atom. The lowest BCUT2D eigenvalue weighted by atomic mass is 10.0. The number of carbonyl (C=O) groups excluding carboxylic acids is 1. The minimum absolute atomic E-state index is 0.127. The Hall–Kier alpha value is -2.47. The van der Waals surface area contributed by atoms with Gasteiger partial charge in [0.15, 0.2) is 0 Å². The number of ether oxygens (including phenoxy) is 1. The Balaban J connectivity index is 2.02. The van der Waals surface area contributed by atoms with Gasteiger partial charge in [0.1, 0.15) is 11.4 Å². The second kappa shape index (κ2) is 7.19. The molecule has 0 spiro atoms. The molecule has 0 atom stereocenters. The Bertz CT molecular complexity index is 958. The Morgan fingerprint density at radius 3 is 2.68 bits per heavy atom. The molecule has 0 unspecified atom stereocenters. The van der Waals surface area contributed by atoms with Crippen molar-refractivity contribution in [3.63, 3.8) is 0 Å². The van der Waals surface area contributed by atoms with E-state index < -0.39 is 5.97 Å². The quantitative estimate of drug-likeness (QED) is 0.655. The van der Waals surface area contributed by atoms with Gasteiger partial charge in [-0.2, -0.15) is 0 Å². The van der Waals surface area contributed by atoms with E-state index in [-0.39, 0.29) is 18.0 Å². The van der Waals surface area contributed by atoms with Crippen LogP contribution in [0.1, 0.15) is 18.7 Å². The molecule has 0 saturated carbocycles. The number of aryl methyl sites for hydroxylation is 1. The normalized spacial score (nSPS) is 11.2. The number of thiophene rings is 1. The maximum absolute atomic E-state index is 12.9. The van der Waals surface area contributed by atoms with Crippen molar-refractivity contribution in [3.8, 4) is 11.1 Å². The van der Waals surface area contributed by atoms with Crippen LogP contribution in [0, 0.1) is 12.8 Å². The molecule has 0 aliphatic heterocycles. The van der Waals surface area contributed by atoms with Gasteiger partial charge in [-0.15, -0.1) is 11.3 Å². The maximum Gasteiger partial charge on any atom is 0.326 e. The molecule has 0 aliphatic carbocycles. The average molecular weight is 356 g/mol. The lowest BCUT2D eigenvalue weighted by Crippen LogP contribution is -2.26. The van der Waals surface area contributed by atoms with Gasteiger partial charge in [0.05, 0.1) is 18.3 Å². The van der Waals surface area contributed by atoms with E-state index in [1.807, 2.05) is 51.1 Å². The highest BCUT2D eigenvalue weighted by Crippen LogP contribution is 2.35. The van der Waals surface area contributed by atoms with Crippen molar-refractivity contribution >= 4 is 27.5 Å². The van der Waals surface area contributed by atoms with Gasteiger partial charge in [-0.3, -0.25) is 14.2 Å². The van der Waals surface area contributed by atoms with Crippen molar-refractivity contribution in [2.45, 2.75) is 27.3 Å². The monoisotopic (exact) mass is 356 g/mol. The number of carbonyl (C=O) groups is 1. The summed E-state index contributed by atoms with van der Waals surface area (Å²) in [4.78, 5) is 31.0. The second-order valence-corrected chi connectivity index (χ2v) is 7.54. The standard InChI is InChI=1S/C19H20N2O3S/c1-12(2)10-24-15(22)9-21-11-20-18-17(19(21)23)16(13(3)25-18)14-7-5-4-6-8-14/h4-8,11-12H,9-10H2,1-3H3. The van der Waals surface area contributed by atoms with E-state index in [4.69, 9.17) is 4.74 Å².